The molecule has 0 radical (unpaired) electrons. The van der Waals surface area contributed by atoms with E-state index in [1.54, 1.807) is 0 Å². The first kappa shape index (κ1) is 10.8. The van der Waals surface area contributed by atoms with Gasteiger partial charge in [0.1, 0.15) is 5.65 Å². The summed E-state index contributed by atoms with van der Waals surface area (Å²) in [6.07, 6.45) is 3.92. The van der Waals surface area contributed by atoms with E-state index in [1.165, 1.54) is 5.56 Å². The molecule has 3 nitrogen and oxygen atoms in total. The molecule has 0 atom stereocenters. The minimum absolute atomic E-state index is 0.758. The Morgan fingerprint density at radius 1 is 1.11 bits per heavy atom. The third kappa shape index (κ3) is 1.74. The third-order valence-corrected chi connectivity index (χ3v) is 3.07. The van der Waals surface area contributed by atoms with Crippen LogP contribution in [0.2, 0.25) is 0 Å². The Hall–Kier alpha value is -2.29. The van der Waals surface area contributed by atoms with Crippen molar-refractivity contribution in [3.05, 3.63) is 53.9 Å². The fourth-order valence-corrected chi connectivity index (χ4v) is 2.24. The Labute approximate surface area is 106 Å². The number of fused-ring (bicyclic) bond motifs is 1. The van der Waals surface area contributed by atoms with Crippen molar-refractivity contribution in [2.24, 2.45) is 0 Å². The van der Waals surface area contributed by atoms with E-state index in [1.807, 2.05) is 29.8 Å². The summed E-state index contributed by atoms with van der Waals surface area (Å²) in [6, 6.07) is 10.3. The summed E-state index contributed by atoms with van der Waals surface area (Å²) in [5.41, 5.74) is 12.0. The summed E-state index contributed by atoms with van der Waals surface area (Å²) < 4.78 is 1.99. The zero-order valence-electron chi connectivity index (χ0n) is 10.5. The molecule has 0 aliphatic heterocycles. The maximum Gasteiger partial charge on any atom is 0.140 e. The van der Waals surface area contributed by atoms with Gasteiger partial charge in [0, 0.05) is 23.6 Å². The number of pyridine rings is 1. The van der Waals surface area contributed by atoms with Gasteiger partial charge in [0.15, 0.2) is 0 Å². The van der Waals surface area contributed by atoms with Crippen LogP contribution in [0, 0.1) is 13.8 Å². The van der Waals surface area contributed by atoms with Crippen LogP contribution >= 0.6 is 0 Å². The number of nitrogens with two attached hydrogens (primary N) is 1. The fraction of sp³-hybridized carbons (Fsp3) is 0.133. The zero-order valence-corrected chi connectivity index (χ0v) is 10.5. The lowest BCUT2D eigenvalue weighted by Crippen LogP contribution is -1.92. The van der Waals surface area contributed by atoms with Gasteiger partial charge in [0.2, 0.25) is 0 Å². The summed E-state index contributed by atoms with van der Waals surface area (Å²) >= 11 is 0. The first-order valence-electron chi connectivity index (χ1n) is 5.95. The number of nitrogens with zero attached hydrogens (tertiary/aromatic N) is 2. The first-order valence-corrected chi connectivity index (χ1v) is 5.95. The van der Waals surface area contributed by atoms with Crippen molar-refractivity contribution in [1.82, 2.24) is 9.38 Å². The van der Waals surface area contributed by atoms with Crippen LogP contribution in [0.3, 0.4) is 0 Å². The molecule has 3 rings (SSSR count). The number of hydrogen-bond acceptors (Lipinski definition) is 2. The van der Waals surface area contributed by atoms with Crippen molar-refractivity contribution >= 4 is 11.3 Å². The number of hydrogen-bond donors (Lipinski definition) is 1. The number of anilines is 1. The molecule has 0 saturated carbocycles. The Balaban J connectivity index is 2.22. The molecule has 0 amide bonds. The molecule has 90 valence electrons. The molecule has 2 heterocycles. The maximum atomic E-state index is 5.85. The standard InChI is InChI=1S/C15H15N3/c1-10-4-3-5-12(6-10)14-9-18-8-13(16)7-11(2)15(18)17-14/h3-9H,16H2,1-2H3. The summed E-state index contributed by atoms with van der Waals surface area (Å²) in [5.74, 6) is 0. The molecule has 1 aromatic carbocycles. The van der Waals surface area contributed by atoms with Crippen LogP contribution in [-0.4, -0.2) is 9.38 Å². The summed E-state index contributed by atoms with van der Waals surface area (Å²) in [5, 5.41) is 0. The normalized spacial score (nSPS) is 11.0. The van der Waals surface area contributed by atoms with E-state index in [9.17, 15) is 0 Å². The van der Waals surface area contributed by atoms with Gasteiger partial charge in [-0.25, -0.2) is 4.98 Å². The smallest absolute Gasteiger partial charge is 0.140 e. The van der Waals surface area contributed by atoms with Gasteiger partial charge in [0.05, 0.1) is 5.69 Å². The van der Waals surface area contributed by atoms with E-state index < -0.39 is 0 Å². The second-order valence-electron chi connectivity index (χ2n) is 4.68. The molecule has 0 aliphatic carbocycles. The summed E-state index contributed by atoms with van der Waals surface area (Å²) in [7, 11) is 0. The number of rotatable bonds is 1. The van der Waals surface area contributed by atoms with Crippen molar-refractivity contribution < 1.29 is 0 Å². The van der Waals surface area contributed by atoms with Crippen molar-refractivity contribution in [2.75, 3.05) is 5.73 Å². The molecule has 3 aromatic rings. The van der Waals surface area contributed by atoms with Crippen LogP contribution in [0.5, 0.6) is 0 Å². The largest absolute Gasteiger partial charge is 0.398 e. The fourth-order valence-electron chi connectivity index (χ4n) is 2.24. The van der Waals surface area contributed by atoms with Gasteiger partial charge in [-0.3, -0.25) is 0 Å². The molecule has 0 unspecified atom stereocenters. The van der Waals surface area contributed by atoms with Crippen LogP contribution < -0.4 is 5.73 Å². The second kappa shape index (κ2) is 3.88. The Kier molecular flexibility index (Phi) is 2.33. The average molecular weight is 237 g/mol. The monoisotopic (exact) mass is 237 g/mol. The molecule has 0 fully saturated rings. The van der Waals surface area contributed by atoms with Gasteiger partial charge in [-0.15, -0.1) is 0 Å². The third-order valence-electron chi connectivity index (χ3n) is 3.07. The van der Waals surface area contributed by atoms with Crippen molar-refractivity contribution in [3.8, 4) is 11.3 Å². The Morgan fingerprint density at radius 3 is 2.72 bits per heavy atom. The van der Waals surface area contributed by atoms with Crippen LogP contribution in [0.15, 0.2) is 42.7 Å². The zero-order chi connectivity index (χ0) is 12.7. The Morgan fingerprint density at radius 2 is 1.94 bits per heavy atom. The van der Waals surface area contributed by atoms with Crippen LogP contribution in [0.4, 0.5) is 5.69 Å². The first-order chi connectivity index (χ1) is 8.63. The molecule has 18 heavy (non-hydrogen) atoms. The van der Waals surface area contributed by atoms with Gasteiger partial charge in [0.25, 0.3) is 0 Å². The number of aryl methyl sites for hydroxylation is 2. The van der Waals surface area contributed by atoms with Gasteiger partial charge < -0.3 is 10.1 Å². The molecule has 2 N–H and O–H groups in total. The van der Waals surface area contributed by atoms with Crippen LogP contribution in [-0.2, 0) is 0 Å². The molecular weight excluding hydrogens is 222 g/mol. The highest BCUT2D eigenvalue weighted by molar-refractivity contribution is 5.66. The number of imidazole rings is 1. The van der Waals surface area contributed by atoms with E-state index >= 15 is 0 Å². The Bertz CT molecular complexity index is 726. The van der Waals surface area contributed by atoms with E-state index in [2.05, 4.69) is 36.2 Å². The summed E-state index contributed by atoms with van der Waals surface area (Å²) in [4.78, 5) is 4.67. The topological polar surface area (TPSA) is 43.3 Å². The molecule has 0 saturated heterocycles. The SMILES string of the molecule is Cc1cccc(-c2cn3cc(N)cc(C)c3n2)c1. The lowest BCUT2D eigenvalue weighted by molar-refractivity contribution is 1.17. The molecule has 3 heteroatoms. The lowest BCUT2D eigenvalue weighted by Gasteiger charge is -1.98. The molecular formula is C15H15N3. The highest BCUT2D eigenvalue weighted by Gasteiger charge is 2.07. The molecule has 2 aromatic heterocycles. The predicted octanol–water partition coefficient (Wildman–Crippen LogP) is 3.20. The van der Waals surface area contributed by atoms with E-state index in [0.717, 1.165) is 28.2 Å². The van der Waals surface area contributed by atoms with Crippen molar-refractivity contribution in [2.45, 2.75) is 13.8 Å². The van der Waals surface area contributed by atoms with E-state index in [4.69, 9.17) is 5.73 Å². The van der Waals surface area contributed by atoms with E-state index in [-0.39, 0.29) is 0 Å². The second-order valence-corrected chi connectivity index (χ2v) is 4.68. The number of nitrogen functional groups attached to an aromatic ring is 1. The lowest BCUT2D eigenvalue weighted by atomic mass is 10.1. The predicted molar refractivity (Wildman–Crippen MR) is 74.5 cm³/mol. The minimum atomic E-state index is 0.758. The average Bonchev–Trinajstić information content (AvgIpc) is 2.73. The number of benzene rings is 1. The molecule has 0 aliphatic rings. The highest BCUT2D eigenvalue weighted by Crippen LogP contribution is 2.22. The molecule has 0 bridgehead atoms. The minimum Gasteiger partial charge on any atom is -0.398 e. The van der Waals surface area contributed by atoms with Gasteiger partial charge in [-0.1, -0.05) is 23.8 Å². The van der Waals surface area contributed by atoms with Crippen molar-refractivity contribution in [1.29, 1.82) is 0 Å². The van der Waals surface area contributed by atoms with Crippen LogP contribution in [0.1, 0.15) is 11.1 Å². The van der Waals surface area contributed by atoms with Gasteiger partial charge in [-0.05, 0) is 31.5 Å². The van der Waals surface area contributed by atoms with Gasteiger partial charge >= 0.3 is 0 Å². The quantitative estimate of drug-likeness (QED) is 0.706. The van der Waals surface area contributed by atoms with Crippen molar-refractivity contribution in [3.63, 3.8) is 0 Å². The highest BCUT2D eigenvalue weighted by atomic mass is 15.0. The molecule has 0 spiro atoms. The maximum absolute atomic E-state index is 5.85. The number of aromatic nitrogens is 2. The summed E-state index contributed by atoms with van der Waals surface area (Å²) in [6.45, 7) is 4.11. The van der Waals surface area contributed by atoms with Gasteiger partial charge in [-0.2, -0.15) is 0 Å². The van der Waals surface area contributed by atoms with Crippen LogP contribution in [0.25, 0.3) is 16.9 Å². The van der Waals surface area contributed by atoms with E-state index in [0.29, 0.717) is 0 Å².